The molecule has 4 heterocycles. The summed E-state index contributed by atoms with van der Waals surface area (Å²) < 4.78 is 2.23. The predicted molar refractivity (Wildman–Crippen MR) is 151 cm³/mol. The summed E-state index contributed by atoms with van der Waals surface area (Å²) in [4.78, 5) is 23.2. The number of nitrogens with one attached hydrogen (secondary N) is 2. The summed E-state index contributed by atoms with van der Waals surface area (Å²) in [5.41, 5.74) is 8.08. The van der Waals surface area contributed by atoms with Crippen molar-refractivity contribution in [1.29, 1.82) is 0 Å². The summed E-state index contributed by atoms with van der Waals surface area (Å²) in [6.07, 6.45) is 5.91. The Hall–Kier alpha value is -4.04. The molecule has 0 unspecified atom stereocenters. The SMILES string of the molecule is CCC(=O)Nc1ccc(N2C(=S)N[C@H](c3ccccn3)[C@H]2c2cc(C)n(-c3cccnc3)c2C)cc1C. The highest BCUT2D eigenvalue weighted by Gasteiger charge is 2.42. The molecule has 1 aromatic carbocycles. The minimum absolute atomic E-state index is 0.00913. The highest BCUT2D eigenvalue weighted by Crippen LogP contribution is 2.44. The van der Waals surface area contributed by atoms with Gasteiger partial charge < -0.3 is 20.1 Å². The van der Waals surface area contributed by atoms with Gasteiger partial charge >= 0.3 is 0 Å². The summed E-state index contributed by atoms with van der Waals surface area (Å²) in [5, 5.41) is 7.16. The smallest absolute Gasteiger partial charge is 0.224 e. The van der Waals surface area contributed by atoms with Crippen LogP contribution in [-0.4, -0.2) is 25.6 Å². The van der Waals surface area contributed by atoms with Gasteiger partial charge in [-0.05, 0) is 92.6 Å². The normalized spacial score (nSPS) is 17.1. The minimum Gasteiger partial charge on any atom is -0.351 e. The number of rotatable bonds is 6. The highest BCUT2D eigenvalue weighted by atomic mass is 32.1. The summed E-state index contributed by atoms with van der Waals surface area (Å²) in [5.74, 6) is -0.00913. The molecule has 7 nitrogen and oxygen atoms in total. The number of hydrogen-bond acceptors (Lipinski definition) is 4. The quantitative estimate of drug-likeness (QED) is 0.323. The monoisotopic (exact) mass is 510 g/mol. The molecule has 5 rings (SSSR count). The van der Waals surface area contributed by atoms with Crippen molar-refractivity contribution in [2.45, 2.75) is 46.2 Å². The number of pyridine rings is 2. The molecule has 37 heavy (non-hydrogen) atoms. The van der Waals surface area contributed by atoms with Crippen LogP contribution < -0.4 is 15.5 Å². The summed E-state index contributed by atoms with van der Waals surface area (Å²) in [6, 6.07) is 18.0. The van der Waals surface area contributed by atoms with Crippen LogP contribution in [0.15, 0.2) is 73.2 Å². The number of carbonyl (C=O) groups is 1. The second-order valence-electron chi connectivity index (χ2n) is 9.27. The Balaban J connectivity index is 1.63. The molecule has 0 aliphatic carbocycles. The van der Waals surface area contributed by atoms with Crippen molar-refractivity contribution in [1.82, 2.24) is 19.9 Å². The molecule has 1 fully saturated rings. The Labute approximate surface area is 222 Å². The van der Waals surface area contributed by atoms with Crippen LogP contribution in [0.3, 0.4) is 0 Å². The molecule has 4 aromatic rings. The molecular weight excluding hydrogens is 480 g/mol. The van der Waals surface area contributed by atoms with Crippen molar-refractivity contribution in [3.05, 3.63) is 101 Å². The second kappa shape index (κ2) is 10.1. The van der Waals surface area contributed by atoms with Crippen LogP contribution in [0.25, 0.3) is 5.69 Å². The van der Waals surface area contributed by atoms with E-state index < -0.39 is 0 Å². The summed E-state index contributed by atoms with van der Waals surface area (Å²) in [6.45, 7) is 8.09. The lowest BCUT2D eigenvalue weighted by atomic mass is 9.96. The zero-order chi connectivity index (χ0) is 26.1. The Kier molecular flexibility index (Phi) is 6.76. The molecule has 0 bridgehead atoms. The fourth-order valence-electron chi connectivity index (χ4n) is 5.10. The molecule has 3 aromatic heterocycles. The van der Waals surface area contributed by atoms with Crippen molar-refractivity contribution in [2.75, 3.05) is 10.2 Å². The molecule has 2 N–H and O–H groups in total. The Morgan fingerprint density at radius 2 is 1.89 bits per heavy atom. The summed E-state index contributed by atoms with van der Waals surface area (Å²) in [7, 11) is 0. The van der Waals surface area contributed by atoms with Crippen LogP contribution in [-0.2, 0) is 4.79 Å². The van der Waals surface area contributed by atoms with Gasteiger partial charge in [0, 0.05) is 41.6 Å². The van der Waals surface area contributed by atoms with Crippen molar-refractivity contribution >= 4 is 34.6 Å². The number of aryl methyl sites for hydroxylation is 2. The van der Waals surface area contributed by atoms with Crippen molar-refractivity contribution in [3.8, 4) is 5.69 Å². The maximum atomic E-state index is 12.0. The van der Waals surface area contributed by atoms with E-state index in [2.05, 4.69) is 62.1 Å². The van der Waals surface area contributed by atoms with Crippen LogP contribution >= 0.6 is 12.2 Å². The number of benzene rings is 1. The lowest BCUT2D eigenvalue weighted by Crippen LogP contribution is -2.29. The third kappa shape index (κ3) is 4.60. The lowest BCUT2D eigenvalue weighted by molar-refractivity contribution is -0.115. The van der Waals surface area contributed by atoms with Crippen LogP contribution in [0.5, 0.6) is 0 Å². The molecular formula is C29H30N6OS. The Morgan fingerprint density at radius 3 is 2.57 bits per heavy atom. The number of thiocarbonyl (C=S) groups is 1. The van der Waals surface area contributed by atoms with Crippen molar-refractivity contribution in [2.24, 2.45) is 0 Å². The first-order valence-corrected chi connectivity index (χ1v) is 12.8. The fourth-order valence-corrected chi connectivity index (χ4v) is 5.44. The highest BCUT2D eigenvalue weighted by molar-refractivity contribution is 7.80. The fraction of sp³-hybridized carbons (Fsp3) is 0.241. The van der Waals surface area contributed by atoms with E-state index in [0.717, 1.165) is 45.3 Å². The molecule has 1 amide bonds. The molecule has 1 saturated heterocycles. The average molecular weight is 511 g/mol. The van der Waals surface area contributed by atoms with Gasteiger partial charge in [0.15, 0.2) is 5.11 Å². The van der Waals surface area contributed by atoms with Crippen LogP contribution in [0.4, 0.5) is 11.4 Å². The number of nitrogens with zero attached hydrogens (tertiary/aromatic N) is 4. The van der Waals surface area contributed by atoms with E-state index in [-0.39, 0.29) is 18.0 Å². The van der Waals surface area contributed by atoms with E-state index in [1.165, 1.54) is 0 Å². The molecule has 2 atom stereocenters. The van der Waals surface area contributed by atoms with Crippen LogP contribution in [0, 0.1) is 20.8 Å². The Morgan fingerprint density at radius 1 is 1.05 bits per heavy atom. The van der Waals surface area contributed by atoms with Gasteiger partial charge in [0.1, 0.15) is 0 Å². The van der Waals surface area contributed by atoms with Gasteiger partial charge in [-0.25, -0.2) is 0 Å². The van der Waals surface area contributed by atoms with E-state index in [9.17, 15) is 4.79 Å². The first-order valence-electron chi connectivity index (χ1n) is 12.4. The number of carbonyl (C=O) groups excluding carboxylic acids is 1. The molecule has 188 valence electrons. The number of hydrogen-bond donors (Lipinski definition) is 2. The van der Waals surface area contributed by atoms with E-state index in [1.54, 1.807) is 6.20 Å². The van der Waals surface area contributed by atoms with E-state index in [0.29, 0.717) is 11.5 Å². The summed E-state index contributed by atoms with van der Waals surface area (Å²) >= 11 is 5.92. The third-order valence-corrected chi connectivity index (χ3v) is 7.19. The standard InChI is InChI=1S/C29H30N6OS/c1-5-26(36)32-24-12-11-21(15-18(24)2)35-28(27(33-29(35)37)25-10-6-7-14-31-25)23-16-19(3)34(20(23)4)22-9-8-13-30-17-22/h6-17,27-28H,5H2,1-4H3,(H,32,36)(H,33,37)/t27-,28-/m1/s1. The maximum Gasteiger partial charge on any atom is 0.224 e. The van der Waals surface area contributed by atoms with E-state index in [4.69, 9.17) is 12.2 Å². The zero-order valence-electron chi connectivity index (χ0n) is 21.4. The van der Waals surface area contributed by atoms with Crippen LogP contribution in [0.1, 0.15) is 53.6 Å². The number of anilines is 2. The first kappa shape index (κ1) is 24.6. The number of aromatic nitrogens is 3. The van der Waals surface area contributed by atoms with Gasteiger partial charge in [0.2, 0.25) is 5.91 Å². The largest absolute Gasteiger partial charge is 0.351 e. The maximum absolute atomic E-state index is 12.0. The lowest BCUT2D eigenvalue weighted by Gasteiger charge is -2.29. The Bertz CT molecular complexity index is 1450. The average Bonchev–Trinajstić information content (AvgIpc) is 3.41. The molecule has 0 radical (unpaired) electrons. The van der Waals surface area contributed by atoms with Gasteiger partial charge in [-0.3, -0.25) is 14.8 Å². The van der Waals surface area contributed by atoms with Gasteiger partial charge in [-0.1, -0.05) is 13.0 Å². The molecule has 0 spiro atoms. The first-order chi connectivity index (χ1) is 17.9. The van der Waals surface area contributed by atoms with Crippen molar-refractivity contribution in [3.63, 3.8) is 0 Å². The zero-order valence-corrected chi connectivity index (χ0v) is 22.2. The van der Waals surface area contributed by atoms with Gasteiger partial charge in [-0.2, -0.15) is 0 Å². The molecule has 8 heteroatoms. The number of amides is 1. The molecule has 0 saturated carbocycles. The third-order valence-electron chi connectivity index (χ3n) is 6.87. The topological polar surface area (TPSA) is 75.1 Å². The van der Waals surface area contributed by atoms with E-state index in [1.807, 2.05) is 62.6 Å². The van der Waals surface area contributed by atoms with Crippen LogP contribution in [0.2, 0.25) is 0 Å². The molecule has 1 aliphatic rings. The van der Waals surface area contributed by atoms with Gasteiger partial charge in [0.25, 0.3) is 0 Å². The second-order valence-corrected chi connectivity index (χ2v) is 9.66. The predicted octanol–water partition coefficient (Wildman–Crippen LogP) is 5.72. The minimum atomic E-state index is -0.142. The van der Waals surface area contributed by atoms with Gasteiger partial charge in [0.05, 0.1) is 29.7 Å². The van der Waals surface area contributed by atoms with Crippen molar-refractivity contribution < 1.29 is 4.79 Å². The molecule has 1 aliphatic heterocycles. The van der Waals surface area contributed by atoms with E-state index >= 15 is 0 Å². The van der Waals surface area contributed by atoms with Gasteiger partial charge in [-0.15, -0.1) is 0 Å².